The number of fused-ring (bicyclic) bond motifs is 3. The van der Waals surface area contributed by atoms with E-state index in [0.717, 1.165) is 17.1 Å². The van der Waals surface area contributed by atoms with Gasteiger partial charge in [-0.05, 0) is 31.4 Å². The Labute approximate surface area is 120 Å². The van der Waals surface area contributed by atoms with Crippen LogP contribution in [-0.2, 0) is 0 Å². The van der Waals surface area contributed by atoms with E-state index in [0.29, 0.717) is 0 Å². The molecule has 0 N–H and O–H groups in total. The van der Waals surface area contributed by atoms with Crippen LogP contribution in [0, 0.1) is 0 Å². The lowest BCUT2D eigenvalue weighted by atomic mass is 9.80. The normalized spacial score (nSPS) is 28.8. The third-order valence-corrected chi connectivity index (χ3v) is 4.60. The van der Waals surface area contributed by atoms with Gasteiger partial charge in [-0.1, -0.05) is 0 Å². The van der Waals surface area contributed by atoms with Crippen LogP contribution in [0.1, 0.15) is 24.8 Å². The molecule has 0 spiro atoms. The third-order valence-electron chi connectivity index (χ3n) is 4.60. The van der Waals surface area contributed by atoms with Gasteiger partial charge in [0.1, 0.15) is 11.5 Å². The van der Waals surface area contributed by atoms with E-state index >= 15 is 0 Å². The lowest BCUT2D eigenvalue weighted by Gasteiger charge is -2.46. The van der Waals surface area contributed by atoms with Gasteiger partial charge in [0.15, 0.2) is 0 Å². The number of hydrogen-bond acceptors (Lipinski definition) is 4. The summed E-state index contributed by atoms with van der Waals surface area (Å²) in [7, 11) is 3.35. The molecular formula is C16H22N2O2. The molecular weight excluding hydrogens is 252 g/mol. The Morgan fingerprint density at radius 2 is 1.80 bits per heavy atom. The summed E-state index contributed by atoms with van der Waals surface area (Å²) in [6, 6.07) is 5.86. The zero-order chi connectivity index (χ0) is 14.0. The molecule has 3 aliphatic heterocycles. The largest absolute Gasteiger partial charge is 0.497 e. The molecule has 0 amide bonds. The zero-order valence-electron chi connectivity index (χ0n) is 12.3. The van der Waals surface area contributed by atoms with Gasteiger partial charge in [0, 0.05) is 37.5 Å². The number of benzene rings is 1. The molecule has 0 aromatic heterocycles. The average Bonchev–Trinajstić information content (AvgIpc) is 2.54. The molecule has 108 valence electrons. The van der Waals surface area contributed by atoms with Gasteiger partial charge in [0.25, 0.3) is 0 Å². The van der Waals surface area contributed by atoms with Gasteiger partial charge in [-0.25, -0.2) is 0 Å². The third kappa shape index (κ3) is 2.52. The summed E-state index contributed by atoms with van der Waals surface area (Å²) >= 11 is 0. The summed E-state index contributed by atoms with van der Waals surface area (Å²) in [6.07, 6.45) is 5.53. The smallest absolute Gasteiger partial charge is 0.131 e. The minimum absolute atomic E-state index is 0.166. The lowest BCUT2D eigenvalue weighted by molar-refractivity contribution is 0.0887. The molecule has 0 unspecified atom stereocenters. The molecule has 3 saturated heterocycles. The quantitative estimate of drug-likeness (QED) is 0.790. The van der Waals surface area contributed by atoms with Crippen molar-refractivity contribution < 1.29 is 9.47 Å². The molecule has 0 atom stereocenters. The average molecular weight is 274 g/mol. The lowest BCUT2D eigenvalue weighted by Crippen LogP contribution is -2.51. The van der Waals surface area contributed by atoms with Crippen LogP contribution in [-0.4, -0.2) is 50.5 Å². The van der Waals surface area contributed by atoms with Crippen LogP contribution < -0.4 is 9.47 Å². The first kappa shape index (κ1) is 13.4. The highest BCUT2D eigenvalue weighted by atomic mass is 16.5. The Balaban J connectivity index is 1.81. The van der Waals surface area contributed by atoms with Crippen molar-refractivity contribution >= 4 is 6.21 Å². The summed E-state index contributed by atoms with van der Waals surface area (Å²) in [6.45, 7) is 3.57. The van der Waals surface area contributed by atoms with E-state index in [-0.39, 0.29) is 5.54 Å². The van der Waals surface area contributed by atoms with Crippen molar-refractivity contribution in [2.45, 2.75) is 24.8 Å². The van der Waals surface area contributed by atoms with Gasteiger partial charge < -0.3 is 14.4 Å². The first-order valence-electron chi connectivity index (χ1n) is 7.24. The second kappa shape index (κ2) is 5.44. The van der Waals surface area contributed by atoms with Gasteiger partial charge in [0.05, 0.1) is 19.8 Å². The van der Waals surface area contributed by atoms with E-state index < -0.39 is 0 Å². The summed E-state index contributed by atoms with van der Waals surface area (Å²) < 4.78 is 10.6. The number of aliphatic imine (C=N–C) groups is 1. The monoisotopic (exact) mass is 274 g/mol. The van der Waals surface area contributed by atoms with Gasteiger partial charge in [-0.3, -0.25) is 4.99 Å². The Kier molecular flexibility index (Phi) is 3.66. The molecule has 4 rings (SSSR count). The van der Waals surface area contributed by atoms with E-state index in [4.69, 9.17) is 14.5 Å². The Bertz CT molecular complexity index is 491. The van der Waals surface area contributed by atoms with Crippen LogP contribution in [0.4, 0.5) is 0 Å². The van der Waals surface area contributed by atoms with Crippen molar-refractivity contribution in [2.24, 2.45) is 4.99 Å². The van der Waals surface area contributed by atoms with Crippen LogP contribution >= 0.6 is 0 Å². The van der Waals surface area contributed by atoms with Gasteiger partial charge in [-0.15, -0.1) is 0 Å². The fourth-order valence-electron chi connectivity index (χ4n) is 3.13. The number of methoxy groups -OCH3 is 2. The number of hydrogen-bond donors (Lipinski definition) is 0. The van der Waals surface area contributed by atoms with E-state index in [1.54, 1.807) is 14.2 Å². The van der Waals surface area contributed by atoms with Crippen LogP contribution in [0.5, 0.6) is 11.5 Å². The van der Waals surface area contributed by atoms with Crippen molar-refractivity contribution in [1.82, 2.24) is 4.90 Å². The Hall–Kier alpha value is -1.55. The van der Waals surface area contributed by atoms with E-state index in [1.165, 1.54) is 38.9 Å². The maximum Gasteiger partial charge on any atom is 0.131 e. The number of nitrogens with zero attached hydrogens (tertiary/aromatic N) is 2. The number of piperidine rings is 3. The summed E-state index contributed by atoms with van der Waals surface area (Å²) in [5.41, 5.74) is 1.19. The van der Waals surface area contributed by atoms with Crippen LogP contribution in [0.25, 0.3) is 0 Å². The predicted octanol–water partition coefficient (Wildman–Crippen LogP) is 2.36. The molecule has 0 saturated carbocycles. The molecule has 0 radical (unpaired) electrons. The molecule has 20 heavy (non-hydrogen) atoms. The van der Waals surface area contributed by atoms with Gasteiger partial charge in [0.2, 0.25) is 0 Å². The molecule has 4 nitrogen and oxygen atoms in total. The van der Waals surface area contributed by atoms with Gasteiger partial charge >= 0.3 is 0 Å². The van der Waals surface area contributed by atoms with E-state index in [9.17, 15) is 0 Å². The number of ether oxygens (including phenoxy) is 2. The molecule has 2 bridgehead atoms. The second-order valence-electron chi connectivity index (χ2n) is 5.68. The summed E-state index contributed by atoms with van der Waals surface area (Å²) in [5.74, 6) is 1.63. The highest BCUT2D eigenvalue weighted by molar-refractivity contribution is 5.84. The first-order valence-corrected chi connectivity index (χ1v) is 7.24. The molecule has 3 heterocycles. The molecule has 1 aromatic carbocycles. The maximum absolute atomic E-state index is 5.42. The Morgan fingerprint density at radius 1 is 1.10 bits per heavy atom. The topological polar surface area (TPSA) is 34.1 Å². The molecule has 4 heteroatoms. The number of rotatable bonds is 4. The Morgan fingerprint density at radius 3 is 2.40 bits per heavy atom. The SMILES string of the molecule is COc1ccc(C=NC23CCN(CC2)CC3)c(OC)c1. The van der Waals surface area contributed by atoms with E-state index in [2.05, 4.69) is 4.90 Å². The second-order valence-corrected chi connectivity index (χ2v) is 5.68. The van der Waals surface area contributed by atoms with Gasteiger partial charge in [-0.2, -0.15) is 0 Å². The van der Waals surface area contributed by atoms with Crippen LogP contribution in [0.2, 0.25) is 0 Å². The standard InChI is InChI=1S/C16H22N2O2/c1-19-14-4-3-13(15(11-14)20-2)12-17-16-5-8-18(9-6-16)10-7-16/h3-4,11-12H,5-10H2,1-2H3. The predicted molar refractivity (Wildman–Crippen MR) is 80.2 cm³/mol. The minimum Gasteiger partial charge on any atom is -0.497 e. The van der Waals surface area contributed by atoms with Crippen molar-refractivity contribution in [2.75, 3.05) is 33.9 Å². The zero-order valence-corrected chi connectivity index (χ0v) is 12.3. The van der Waals surface area contributed by atoms with Crippen molar-refractivity contribution in [3.05, 3.63) is 23.8 Å². The highest BCUT2D eigenvalue weighted by Crippen LogP contribution is 2.35. The molecule has 1 aromatic rings. The van der Waals surface area contributed by atoms with Crippen LogP contribution in [0.3, 0.4) is 0 Å². The van der Waals surface area contributed by atoms with Crippen molar-refractivity contribution in [3.63, 3.8) is 0 Å². The van der Waals surface area contributed by atoms with Crippen LogP contribution in [0.15, 0.2) is 23.2 Å². The summed E-state index contributed by atoms with van der Waals surface area (Å²) in [4.78, 5) is 7.47. The fourth-order valence-corrected chi connectivity index (χ4v) is 3.13. The van der Waals surface area contributed by atoms with E-state index in [1.807, 2.05) is 24.4 Å². The first-order chi connectivity index (χ1) is 9.74. The maximum atomic E-state index is 5.42. The minimum atomic E-state index is 0.166. The van der Waals surface area contributed by atoms with Crippen molar-refractivity contribution in [3.8, 4) is 11.5 Å². The van der Waals surface area contributed by atoms with Crippen molar-refractivity contribution in [1.29, 1.82) is 0 Å². The molecule has 3 fully saturated rings. The fraction of sp³-hybridized carbons (Fsp3) is 0.562. The molecule has 3 aliphatic rings. The summed E-state index contributed by atoms with van der Waals surface area (Å²) in [5, 5.41) is 0. The molecule has 0 aliphatic carbocycles. The highest BCUT2D eigenvalue weighted by Gasteiger charge is 2.38.